The van der Waals surface area contributed by atoms with Crippen molar-refractivity contribution in [3.05, 3.63) is 73.5 Å². The normalized spacial score (nSPS) is 10.8. The van der Waals surface area contributed by atoms with Crippen molar-refractivity contribution in [2.75, 3.05) is 0 Å². The van der Waals surface area contributed by atoms with Crippen molar-refractivity contribution in [1.82, 2.24) is 14.9 Å². The Morgan fingerprint density at radius 1 is 1.33 bits per heavy atom. The molecule has 24 heavy (non-hydrogen) atoms. The SMILES string of the molecule is O=C(Oc1ccc(/C=N\n2c(=O)cn[nH]c2=S)cc1)c1cccs1. The molecule has 3 rings (SSSR count). The summed E-state index contributed by atoms with van der Waals surface area (Å²) in [4.78, 5) is 24.0. The standard InChI is InChI=1S/C15H10N4O3S2/c20-13-9-16-18-15(23)19(13)17-8-10-3-5-11(6-4-10)22-14(21)12-2-1-7-24-12/h1-9H,(H,18,23)/b17-8-. The maximum atomic E-state index is 11.8. The number of rotatable bonds is 4. The lowest BCUT2D eigenvalue weighted by atomic mass is 10.2. The van der Waals surface area contributed by atoms with Gasteiger partial charge in [-0.3, -0.25) is 9.89 Å². The van der Waals surface area contributed by atoms with Gasteiger partial charge in [0.15, 0.2) is 0 Å². The molecule has 0 spiro atoms. The van der Waals surface area contributed by atoms with Crippen molar-refractivity contribution in [3.8, 4) is 5.75 Å². The van der Waals surface area contributed by atoms with E-state index in [0.29, 0.717) is 16.2 Å². The second kappa shape index (κ2) is 7.11. The van der Waals surface area contributed by atoms with E-state index < -0.39 is 11.5 Å². The molecule has 2 heterocycles. The van der Waals surface area contributed by atoms with Crippen LogP contribution >= 0.6 is 23.6 Å². The molecule has 9 heteroatoms. The molecule has 0 radical (unpaired) electrons. The van der Waals surface area contributed by atoms with Gasteiger partial charge < -0.3 is 4.74 Å². The van der Waals surface area contributed by atoms with E-state index in [-0.39, 0.29) is 4.77 Å². The molecule has 0 atom stereocenters. The molecule has 0 aliphatic rings. The highest BCUT2D eigenvalue weighted by atomic mass is 32.1. The van der Waals surface area contributed by atoms with Crippen LogP contribution in [0.1, 0.15) is 15.2 Å². The summed E-state index contributed by atoms with van der Waals surface area (Å²) in [7, 11) is 0. The molecule has 0 saturated carbocycles. The van der Waals surface area contributed by atoms with Crippen molar-refractivity contribution in [1.29, 1.82) is 0 Å². The van der Waals surface area contributed by atoms with Gasteiger partial charge in [-0.15, -0.1) is 11.3 Å². The number of aromatic nitrogens is 3. The smallest absolute Gasteiger partial charge is 0.353 e. The van der Waals surface area contributed by atoms with Gasteiger partial charge >= 0.3 is 5.97 Å². The molecule has 0 fully saturated rings. The van der Waals surface area contributed by atoms with E-state index in [0.717, 1.165) is 10.9 Å². The second-order valence-electron chi connectivity index (χ2n) is 4.51. The third kappa shape index (κ3) is 3.70. The van der Waals surface area contributed by atoms with Gasteiger partial charge in [-0.05, 0) is 53.5 Å². The van der Waals surface area contributed by atoms with E-state index in [4.69, 9.17) is 17.0 Å². The van der Waals surface area contributed by atoms with Gasteiger partial charge in [0.1, 0.15) is 16.8 Å². The maximum Gasteiger partial charge on any atom is 0.353 e. The van der Waals surface area contributed by atoms with Gasteiger partial charge in [0, 0.05) is 0 Å². The van der Waals surface area contributed by atoms with Crippen LogP contribution in [0.25, 0.3) is 0 Å². The van der Waals surface area contributed by atoms with Crippen LogP contribution in [0.15, 0.2) is 57.9 Å². The van der Waals surface area contributed by atoms with Crippen LogP contribution in [0.2, 0.25) is 0 Å². The third-order valence-electron chi connectivity index (χ3n) is 2.87. The highest BCUT2D eigenvalue weighted by Crippen LogP contribution is 2.16. The predicted molar refractivity (Wildman–Crippen MR) is 92.4 cm³/mol. The van der Waals surface area contributed by atoms with Gasteiger partial charge in [-0.1, -0.05) is 6.07 Å². The maximum absolute atomic E-state index is 11.8. The Morgan fingerprint density at radius 2 is 2.12 bits per heavy atom. The van der Waals surface area contributed by atoms with Crippen molar-refractivity contribution < 1.29 is 9.53 Å². The van der Waals surface area contributed by atoms with Crippen molar-refractivity contribution in [2.24, 2.45) is 5.10 Å². The lowest BCUT2D eigenvalue weighted by Gasteiger charge is -2.02. The summed E-state index contributed by atoms with van der Waals surface area (Å²) in [5.74, 6) is 0.0185. The summed E-state index contributed by atoms with van der Waals surface area (Å²) in [6, 6.07) is 10.2. The number of thiophene rings is 1. The molecular formula is C15H10N4O3S2. The van der Waals surface area contributed by atoms with Crippen molar-refractivity contribution in [3.63, 3.8) is 0 Å². The molecule has 0 aliphatic carbocycles. The predicted octanol–water partition coefficient (Wildman–Crippen LogP) is 2.46. The monoisotopic (exact) mass is 358 g/mol. The van der Waals surface area contributed by atoms with Crippen molar-refractivity contribution in [2.45, 2.75) is 0 Å². The summed E-state index contributed by atoms with van der Waals surface area (Å²) < 4.78 is 6.37. The fraction of sp³-hybridized carbons (Fsp3) is 0. The van der Waals surface area contributed by atoms with Gasteiger partial charge in [0.2, 0.25) is 4.77 Å². The Kier molecular flexibility index (Phi) is 4.73. The van der Waals surface area contributed by atoms with E-state index in [1.807, 2.05) is 5.38 Å². The first-order valence-corrected chi connectivity index (χ1v) is 7.99. The number of carbonyl (C=O) groups excluding carboxylic acids is 1. The molecule has 0 aliphatic heterocycles. The fourth-order valence-electron chi connectivity index (χ4n) is 1.75. The molecule has 0 bridgehead atoms. The lowest BCUT2D eigenvalue weighted by Crippen LogP contribution is -2.18. The van der Waals surface area contributed by atoms with E-state index >= 15 is 0 Å². The Bertz CT molecular complexity index is 960. The van der Waals surface area contributed by atoms with Gasteiger partial charge in [-0.2, -0.15) is 14.9 Å². The van der Waals surface area contributed by atoms with Crippen LogP contribution in [0, 0.1) is 4.77 Å². The van der Waals surface area contributed by atoms with Gasteiger partial charge in [0.05, 0.1) is 6.21 Å². The minimum Gasteiger partial charge on any atom is -0.422 e. The zero-order valence-corrected chi connectivity index (χ0v) is 13.7. The lowest BCUT2D eigenvalue weighted by molar-refractivity contribution is 0.0740. The highest BCUT2D eigenvalue weighted by molar-refractivity contribution is 7.71. The van der Waals surface area contributed by atoms with Crippen LogP contribution in [-0.2, 0) is 0 Å². The van der Waals surface area contributed by atoms with E-state index in [2.05, 4.69) is 15.3 Å². The first-order valence-electron chi connectivity index (χ1n) is 6.70. The molecular weight excluding hydrogens is 348 g/mol. The molecule has 3 aromatic rings. The number of hydrogen-bond donors (Lipinski definition) is 1. The zero-order valence-electron chi connectivity index (χ0n) is 12.1. The Hall–Kier alpha value is -2.91. The van der Waals surface area contributed by atoms with E-state index in [1.54, 1.807) is 36.4 Å². The summed E-state index contributed by atoms with van der Waals surface area (Å²) in [6.45, 7) is 0. The Balaban J connectivity index is 1.73. The molecule has 0 saturated heterocycles. The molecule has 1 aromatic carbocycles. The first kappa shape index (κ1) is 16.0. The fourth-order valence-corrected chi connectivity index (χ4v) is 2.54. The number of hydrogen-bond acceptors (Lipinski definition) is 7. The number of esters is 1. The molecule has 1 N–H and O–H groups in total. The Labute approximate surface area is 144 Å². The molecule has 0 unspecified atom stereocenters. The van der Waals surface area contributed by atoms with E-state index in [9.17, 15) is 9.59 Å². The van der Waals surface area contributed by atoms with Crippen LogP contribution < -0.4 is 10.3 Å². The highest BCUT2D eigenvalue weighted by Gasteiger charge is 2.08. The third-order valence-corrected chi connectivity index (χ3v) is 3.99. The van der Waals surface area contributed by atoms with Gasteiger partial charge in [0.25, 0.3) is 5.56 Å². The first-order chi connectivity index (χ1) is 11.6. The molecule has 120 valence electrons. The topological polar surface area (TPSA) is 89.3 Å². The van der Waals surface area contributed by atoms with Crippen LogP contribution in [0.3, 0.4) is 0 Å². The summed E-state index contributed by atoms with van der Waals surface area (Å²) >= 11 is 6.25. The number of nitrogens with one attached hydrogen (secondary N) is 1. The second-order valence-corrected chi connectivity index (χ2v) is 5.84. The average molecular weight is 358 g/mol. The minimum absolute atomic E-state index is 0.0975. The van der Waals surface area contributed by atoms with Crippen LogP contribution in [-0.4, -0.2) is 27.1 Å². The number of benzene rings is 1. The quantitative estimate of drug-likeness (QED) is 0.335. The number of nitrogens with zero attached hydrogens (tertiary/aromatic N) is 3. The molecule has 2 aromatic heterocycles. The van der Waals surface area contributed by atoms with Crippen molar-refractivity contribution >= 4 is 35.7 Å². The van der Waals surface area contributed by atoms with Crippen LogP contribution in [0.5, 0.6) is 5.75 Å². The number of ether oxygens (including phenoxy) is 1. The van der Waals surface area contributed by atoms with Crippen LogP contribution in [0.4, 0.5) is 0 Å². The average Bonchev–Trinajstić information content (AvgIpc) is 3.10. The largest absolute Gasteiger partial charge is 0.422 e. The minimum atomic E-state index is -0.434. The number of carbonyl (C=O) groups is 1. The number of H-pyrrole nitrogens is 1. The molecule has 7 nitrogen and oxygen atoms in total. The number of aromatic amines is 1. The Morgan fingerprint density at radius 3 is 2.79 bits per heavy atom. The van der Waals surface area contributed by atoms with E-state index in [1.165, 1.54) is 17.6 Å². The summed E-state index contributed by atoms with van der Waals surface area (Å²) in [5, 5.41) is 11.9. The summed E-state index contributed by atoms with van der Waals surface area (Å²) in [5.41, 5.74) is 0.278. The zero-order chi connectivity index (χ0) is 16.9. The van der Waals surface area contributed by atoms with Gasteiger partial charge in [-0.25, -0.2) is 4.79 Å². The summed E-state index contributed by atoms with van der Waals surface area (Å²) in [6.07, 6.45) is 2.55. The molecule has 0 amide bonds.